The van der Waals surface area contributed by atoms with Crippen LogP contribution in [0.2, 0.25) is 0 Å². The van der Waals surface area contributed by atoms with E-state index in [1.54, 1.807) is 29.2 Å². The zero-order valence-corrected chi connectivity index (χ0v) is 18.3. The van der Waals surface area contributed by atoms with Gasteiger partial charge in [-0.2, -0.15) is 0 Å². The Hall–Kier alpha value is -3.83. The number of aromatic nitrogens is 1. The number of piperazine rings is 1. The van der Waals surface area contributed by atoms with E-state index in [-0.39, 0.29) is 30.1 Å². The van der Waals surface area contributed by atoms with Gasteiger partial charge in [-0.1, -0.05) is 6.07 Å². The normalized spacial score (nSPS) is 16.5. The molecular weight excluding hydrogens is 448 g/mol. The Labute approximate surface area is 193 Å². The van der Waals surface area contributed by atoms with Crippen molar-refractivity contribution in [3.8, 4) is 11.5 Å². The van der Waals surface area contributed by atoms with Gasteiger partial charge in [0.2, 0.25) is 11.8 Å². The number of nitrogens with two attached hydrogens (primary N) is 1. The van der Waals surface area contributed by atoms with E-state index in [2.05, 4.69) is 10.3 Å². The molecule has 1 aliphatic rings. The Morgan fingerprint density at radius 3 is 2.47 bits per heavy atom. The van der Waals surface area contributed by atoms with E-state index in [1.807, 2.05) is 11.9 Å². The zero-order valence-electron chi connectivity index (χ0n) is 18.3. The fraction of sp³-hybridized carbons (Fsp3) is 0.261. The van der Waals surface area contributed by atoms with E-state index in [1.165, 1.54) is 6.07 Å². The molecule has 1 saturated heterocycles. The van der Waals surface area contributed by atoms with Gasteiger partial charge in [0.1, 0.15) is 17.2 Å². The van der Waals surface area contributed by atoms with Crippen LogP contribution in [0.3, 0.4) is 0 Å². The highest BCUT2D eigenvalue weighted by molar-refractivity contribution is 5.97. The second-order valence-corrected chi connectivity index (χ2v) is 7.93. The average Bonchev–Trinajstić information content (AvgIpc) is 3.23. The van der Waals surface area contributed by atoms with Gasteiger partial charge in [-0.3, -0.25) is 14.5 Å². The van der Waals surface area contributed by atoms with Crippen LogP contribution >= 0.6 is 0 Å². The van der Waals surface area contributed by atoms with Crippen LogP contribution in [0.4, 0.5) is 20.4 Å². The molecule has 1 aromatic heterocycles. The molecule has 34 heavy (non-hydrogen) atoms. The molecular formula is C23H23F2N5O4. The number of amides is 2. The van der Waals surface area contributed by atoms with Gasteiger partial charge in [0.25, 0.3) is 11.8 Å². The Kier molecular flexibility index (Phi) is 6.57. The number of rotatable bonds is 6. The number of carbonyl (C=O) groups is 2. The lowest BCUT2D eigenvalue weighted by Crippen LogP contribution is -2.54. The predicted molar refractivity (Wildman–Crippen MR) is 120 cm³/mol. The van der Waals surface area contributed by atoms with Crippen molar-refractivity contribution in [1.82, 2.24) is 14.8 Å². The lowest BCUT2D eigenvalue weighted by Gasteiger charge is -2.38. The molecule has 1 fully saturated rings. The average molecular weight is 471 g/mol. The molecule has 178 valence electrons. The number of nitrogens with one attached hydrogen (secondary N) is 1. The predicted octanol–water partition coefficient (Wildman–Crippen LogP) is 2.21. The summed E-state index contributed by atoms with van der Waals surface area (Å²) in [7, 11) is 1.90. The summed E-state index contributed by atoms with van der Waals surface area (Å²) in [5.74, 6) is -3.55. The van der Waals surface area contributed by atoms with Crippen LogP contribution < -0.4 is 11.1 Å². The second kappa shape index (κ2) is 9.57. The SMILES string of the molecule is CN1CCN(C(=O)c2ccc(Nc3oc(-c4c(F)cccc4F)nc3C(N)=O)cc2)CC1CO. The number of aliphatic hydroxyl groups excluding tert-OH is 1. The first-order valence-electron chi connectivity index (χ1n) is 10.5. The van der Waals surface area contributed by atoms with Crippen LogP contribution in [-0.4, -0.2) is 71.0 Å². The molecule has 9 nitrogen and oxygen atoms in total. The van der Waals surface area contributed by atoms with Crippen molar-refractivity contribution >= 4 is 23.4 Å². The van der Waals surface area contributed by atoms with Crippen LogP contribution in [-0.2, 0) is 0 Å². The standard InChI is InChI=1S/C23H23F2N5O4/c1-29-9-10-30(11-15(29)12-31)23(33)13-5-7-14(8-6-13)27-22-19(20(26)32)28-21(34-22)18-16(24)3-2-4-17(18)25/h2-8,15,27,31H,9-12H2,1H3,(H2,26,32). The van der Waals surface area contributed by atoms with Crippen molar-refractivity contribution in [1.29, 1.82) is 0 Å². The van der Waals surface area contributed by atoms with Crippen molar-refractivity contribution in [2.24, 2.45) is 5.73 Å². The molecule has 0 bridgehead atoms. The Bertz CT molecular complexity index is 1190. The van der Waals surface area contributed by atoms with Gasteiger partial charge >= 0.3 is 0 Å². The van der Waals surface area contributed by atoms with Crippen molar-refractivity contribution in [2.45, 2.75) is 6.04 Å². The van der Waals surface area contributed by atoms with Gasteiger partial charge in [-0.05, 0) is 43.4 Å². The third kappa shape index (κ3) is 4.61. The summed E-state index contributed by atoms with van der Waals surface area (Å²) in [6.45, 7) is 1.58. The number of hydrogen-bond acceptors (Lipinski definition) is 7. The monoisotopic (exact) mass is 471 g/mol. The number of primary amides is 1. The first kappa shape index (κ1) is 23.3. The number of carbonyl (C=O) groups excluding carboxylic acids is 2. The molecule has 0 spiro atoms. The highest BCUT2D eigenvalue weighted by atomic mass is 19.1. The highest BCUT2D eigenvalue weighted by Gasteiger charge is 2.27. The molecule has 11 heteroatoms. The molecule has 3 aromatic rings. The van der Waals surface area contributed by atoms with E-state index >= 15 is 0 Å². The molecule has 0 saturated carbocycles. The van der Waals surface area contributed by atoms with E-state index in [9.17, 15) is 23.5 Å². The summed E-state index contributed by atoms with van der Waals surface area (Å²) in [4.78, 5) is 32.2. The molecule has 1 unspecified atom stereocenters. The Morgan fingerprint density at radius 1 is 1.18 bits per heavy atom. The van der Waals surface area contributed by atoms with E-state index in [0.717, 1.165) is 12.1 Å². The van der Waals surface area contributed by atoms with Crippen molar-refractivity contribution in [3.05, 3.63) is 65.4 Å². The van der Waals surface area contributed by atoms with E-state index in [0.29, 0.717) is 30.9 Å². The first-order valence-corrected chi connectivity index (χ1v) is 10.5. The maximum absolute atomic E-state index is 14.1. The smallest absolute Gasteiger partial charge is 0.273 e. The summed E-state index contributed by atoms with van der Waals surface area (Å²) in [5, 5.41) is 12.3. The van der Waals surface area contributed by atoms with Crippen LogP contribution in [0.25, 0.3) is 11.5 Å². The molecule has 0 aliphatic carbocycles. The van der Waals surface area contributed by atoms with Crippen molar-refractivity contribution in [3.63, 3.8) is 0 Å². The van der Waals surface area contributed by atoms with Crippen LogP contribution in [0, 0.1) is 11.6 Å². The first-order chi connectivity index (χ1) is 16.3. The third-order valence-electron chi connectivity index (χ3n) is 5.70. The Balaban J connectivity index is 1.54. The highest BCUT2D eigenvalue weighted by Crippen LogP contribution is 2.31. The fourth-order valence-corrected chi connectivity index (χ4v) is 3.72. The molecule has 0 radical (unpaired) electrons. The number of hydrogen-bond donors (Lipinski definition) is 3. The Morgan fingerprint density at radius 2 is 1.85 bits per heavy atom. The van der Waals surface area contributed by atoms with Crippen LogP contribution in [0.5, 0.6) is 0 Å². The lowest BCUT2D eigenvalue weighted by molar-refractivity contribution is 0.0421. The summed E-state index contributed by atoms with van der Waals surface area (Å²) < 4.78 is 33.7. The molecule has 4 rings (SSSR count). The number of anilines is 2. The number of halogens is 2. The molecule has 1 atom stereocenters. The third-order valence-corrected chi connectivity index (χ3v) is 5.70. The van der Waals surface area contributed by atoms with Crippen molar-refractivity contribution < 1.29 is 27.9 Å². The number of nitrogens with zero attached hydrogens (tertiary/aromatic N) is 3. The van der Waals surface area contributed by atoms with Gasteiger partial charge in [0.05, 0.1) is 12.6 Å². The van der Waals surface area contributed by atoms with Gasteiger partial charge < -0.3 is 25.5 Å². The number of benzene rings is 2. The fourth-order valence-electron chi connectivity index (χ4n) is 3.72. The molecule has 2 amide bonds. The van der Waals surface area contributed by atoms with Crippen LogP contribution in [0.1, 0.15) is 20.8 Å². The summed E-state index contributed by atoms with van der Waals surface area (Å²) in [6.07, 6.45) is 0. The minimum absolute atomic E-state index is 0.0404. The number of aliphatic hydroxyl groups is 1. The molecule has 2 heterocycles. The maximum atomic E-state index is 14.1. The van der Waals surface area contributed by atoms with Gasteiger partial charge in [-0.15, -0.1) is 0 Å². The van der Waals surface area contributed by atoms with Crippen LogP contribution in [0.15, 0.2) is 46.9 Å². The minimum Gasteiger partial charge on any atom is -0.419 e. The maximum Gasteiger partial charge on any atom is 0.273 e. The number of likely N-dealkylation sites (N-methyl/N-ethyl adjacent to an activating group) is 1. The van der Waals surface area contributed by atoms with E-state index < -0.39 is 29.0 Å². The number of oxazole rings is 1. The molecule has 1 aliphatic heterocycles. The van der Waals surface area contributed by atoms with E-state index in [4.69, 9.17) is 10.2 Å². The lowest BCUT2D eigenvalue weighted by atomic mass is 10.1. The van der Waals surface area contributed by atoms with Crippen molar-refractivity contribution in [2.75, 3.05) is 38.6 Å². The topological polar surface area (TPSA) is 125 Å². The second-order valence-electron chi connectivity index (χ2n) is 7.93. The zero-order chi connectivity index (χ0) is 24.4. The van der Waals surface area contributed by atoms with Gasteiger partial charge in [0.15, 0.2) is 5.69 Å². The molecule has 4 N–H and O–H groups in total. The minimum atomic E-state index is -0.949. The van der Waals surface area contributed by atoms with Gasteiger partial charge in [-0.25, -0.2) is 13.8 Å². The summed E-state index contributed by atoms with van der Waals surface area (Å²) in [6, 6.07) is 9.51. The van der Waals surface area contributed by atoms with Gasteiger partial charge in [0, 0.05) is 30.9 Å². The quantitative estimate of drug-likeness (QED) is 0.503. The summed E-state index contributed by atoms with van der Waals surface area (Å²) >= 11 is 0. The largest absolute Gasteiger partial charge is 0.419 e. The summed E-state index contributed by atoms with van der Waals surface area (Å²) in [5.41, 5.74) is 5.38. The molecule has 2 aromatic carbocycles.